The summed E-state index contributed by atoms with van der Waals surface area (Å²) in [5.74, 6) is -1.40. The molecule has 0 heterocycles. The summed E-state index contributed by atoms with van der Waals surface area (Å²) in [5.41, 5.74) is 0. The molecular formula is C12H13Cl2NO4S. The van der Waals surface area contributed by atoms with Crippen molar-refractivity contribution in [2.75, 3.05) is 0 Å². The molecule has 110 valence electrons. The summed E-state index contributed by atoms with van der Waals surface area (Å²) in [6.07, 6.45) is 1.24. The minimum atomic E-state index is -3.81. The first-order valence-electron chi connectivity index (χ1n) is 6.00. The molecule has 2 N–H and O–H groups in total. The van der Waals surface area contributed by atoms with Crippen molar-refractivity contribution in [2.45, 2.75) is 30.2 Å². The minimum Gasteiger partial charge on any atom is -0.481 e. The fraction of sp³-hybridized carbons (Fsp3) is 0.417. The van der Waals surface area contributed by atoms with Gasteiger partial charge in [0.05, 0.1) is 16.0 Å². The van der Waals surface area contributed by atoms with Gasteiger partial charge >= 0.3 is 5.97 Å². The average Bonchev–Trinajstić information content (AvgIpc) is 2.80. The van der Waals surface area contributed by atoms with Crippen molar-refractivity contribution in [1.29, 1.82) is 0 Å². The van der Waals surface area contributed by atoms with E-state index in [9.17, 15) is 13.2 Å². The van der Waals surface area contributed by atoms with Crippen LogP contribution in [0.2, 0.25) is 10.0 Å². The van der Waals surface area contributed by atoms with E-state index in [0.717, 1.165) is 0 Å². The van der Waals surface area contributed by atoms with Crippen molar-refractivity contribution >= 4 is 39.2 Å². The highest BCUT2D eigenvalue weighted by atomic mass is 35.5. The molecule has 1 aliphatic rings. The number of rotatable bonds is 4. The molecule has 0 aliphatic heterocycles. The normalized spacial score (nSPS) is 22.9. The van der Waals surface area contributed by atoms with Crippen LogP contribution in [0, 0.1) is 5.92 Å². The van der Waals surface area contributed by atoms with Gasteiger partial charge in [0.2, 0.25) is 10.0 Å². The second-order valence-electron chi connectivity index (χ2n) is 4.72. The van der Waals surface area contributed by atoms with E-state index in [2.05, 4.69) is 4.72 Å². The smallest absolute Gasteiger partial charge is 0.306 e. The third-order valence-electron chi connectivity index (χ3n) is 3.31. The molecule has 8 heteroatoms. The van der Waals surface area contributed by atoms with Crippen LogP contribution < -0.4 is 4.72 Å². The second-order valence-corrected chi connectivity index (χ2v) is 7.19. The predicted molar refractivity (Wildman–Crippen MR) is 75.5 cm³/mol. The molecule has 1 aliphatic carbocycles. The van der Waals surface area contributed by atoms with Gasteiger partial charge in [0.15, 0.2) is 0 Å². The maximum absolute atomic E-state index is 12.2. The molecule has 1 fully saturated rings. The van der Waals surface area contributed by atoms with Gasteiger partial charge in [-0.15, -0.1) is 0 Å². The summed E-state index contributed by atoms with van der Waals surface area (Å²) >= 11 is 11.7. The zero-order valence-corrected chi connectivity index (χ0v) is 12.7. The number of aliphatic carboxylic acids is 1. The van der Waals surface area contributed by atoms with Crippen molar-refractivity contribution < 1.29 is 18.3 Å². The van der Waals surface area contributed by atoms with Gasteiger partial charge in [-0.3, -0.25) is 4.79 Å². The molecule has 0 aromatic heterocycles. The number of benzene rings is 1. The lowest BCUT2D eigenvalue weighted by molar-refractivity contribution is -0.141. The first-order chi connectivity index (χ1) is 9.31. The van der Waals surface area contributed by atoms with Gasteiger partial charge in [-0.1, -0.05) is 29.3 Å². The molecule has 0 saturated heterocycles. The number of nitrogens with one attached hydrogen (secondary N) is 1. The van der Waals surface area contributed by atoms with Crippen LogP contribution in [0.4, 0.5) is 0 Å². The van der Waals surface area contributed by atoms with E-state index in [1.165, 1.54) is 18.2 Å². The Kier molecular flexibility index (Phi) is 4.59. The number of sulfonamides is 1. The lowest BCUT2D eigenvalue weighted by Crippen LogP contribution is -2.33. The van der Waals surface area contributed by atoms with E-state index >= 15 is 0 Å². The molecule has 20 heavy (non-hydrogen) atoms. The Labute approximate surface area is 126 Å². The van der Waals surface area contributed by atoms with Crippen LogP contribution in [-0.2, 0) is 14.8 Å². The molecule has 5 nitrogen and oxygen atoms in total. The SMILES string of the molecule is O=C(O)[C@@H]1CC[C@H](NS(=O)(=O)c2cccc(Cl)c2Cl)C1. The third-order valence-corrected chi connectivity index (χ3v) is 5.80. The number of hydrogen-bond donors (Lipinski definition) is 2. The summed E-state index contributed by atoms with van der Waals surface area (Å²) in [4.78, 5) is 10.8. The lowest BCUT2D eigenvalue weighted by atomic mass is 10.1. The van der Waals surface area contributed by atoms with Crippen molar-refractivity contribution in [3.05, 3.63) is 28.2 Å². The zero-order chi connectivity index (χ0) is 14.9. The minimum absolute atomic E-state index is 0.0329. The predicted octanol–water partition coefficient (Wildman–Crippen LogP) is 2.53. The monoisotopic (exact) mass is 337 g/mol. The number of carboxylic acid groups (broad SMARTS) is 1. The van der Waals surface area contributed by atoms with Crippen LogP contribution in [0.5, 0.6) is 0 Å². The third kappa shape index (κ3) is 3.25. The van der Waals surface area contributed by atoms with Crippen LogP contribution >= 0.6 is 23.2 Å². The maximum Gasteiger partial charge on any atom is 0.306 e. The Morgan fingerprint density at radius 2 is 2.00 bits per heavy atom. The molecule has 2 rings (SSSR count). The summed E-state index contributed by atoms with van der Waals surface area (Å²) in [6.45, 7) is 0. The van der Waals surface area contributed by atoms with Crippen LogP contribution in [-0.4, -0.2) is 25.5 Å². The highest BCUT2D eigenvalue weighted by Gasteiger charge is 2.33. The molecule has 2 atom stereocenters. The van der Waals surface area contributed by atoms with Gasteiger partial charge in [-0.05, 0) is 31.4 Å². The van der Waals surface area contributed by atoms with Gasteiger partial charge in [-0.2, -0.15) is 0 Å². The Balaban J connectivity index is 2.17. The van der Waals surface area contributed by atoms with E-state index in [1.54, 1.807) is 0 Å². The molecule has 1 aromatic rings. The summed E-state index contributed by atoms with van der Waals surface area (Å²) in [7, 11) is -3.81. The average molecular weight is 338 g/mol. The number of hydrogen-bond acceptors (Lipinski definition) is 3. The molecule has 1 saturated carbocycles. The fourth-order valence-corrected chi connectivity index (χ4v) is 4.33. The zero-order valence-electron chi connectivity index (χ0n) is 10.3. The fourth-order valence-electron chi connectivity index (χ4n) is 2.29. The van der Waals surface area contributed by atoms with Gasteiger partial charge in [-0.25, -0.2) is 13.1 Å². The van der Waals surface area contributed by atoms with Crippen molar-refractivity contribution in [3.8, 4) is 0 Å². The Morgan fingerprint density at radius 1 is 1.30 bits per heavy atom. The quantitative estimate of drug-likeness (QED) is 0.884. The van der Waals surface area contributed by atoms with E-state index in [-0.39, 0.29) is 21.4 Å². The largest absolute Gasteiger partial charge is 0.481 e. The van der Waals surface area contributed by atoms with Gasteiger partial charge < -0.3 is 5.11 Å². The highest BCUT2D eigenvalue weighted by Crippen LogP contribution is 2.31. The standard InChI is InChI=1S/C12H13Cl2NO4S/c13-9-2-1-3-10(11(9)14)20(18,19)15-8-5-4-7(6-8)12(16)17/h1-3,7-8,15H,4-6H2,(H,16,17)/t7-,8+/m1/s1. The van der Waals surface area contributed by atoms with E-state index < -0.39 is 28.0 Å². The maximum atomic E-state index is 12.2. The van der Waals surface area contributed by atoms with Crippen molar-refractivity contribution in [1.82, 2.24) is 4.72 Å². The Bertz CT molecular complexity index is 632. The summed E-state index contributed by atoms with van der Waals surface area (Å²) < 4.78 is 27.0. The van der Waals surface area contributed by atoms with E-state index in [0.29, 0.717) is 12.8 Å². The van der Waals surface area contributed by atoms with Crippen LogP contribution in [0.3, 0.4) is 0 Å². The summed E-state index contributed by atoms with van der Waals surface area (Å²) in [6, 6.07) is 3.97. The molecule has 0 bridgehead atoms. The van der Waals surface area contributed by atoms with Crippen LogP contribution in [0.25, 0.3) is 0 Å². The van der Waals surface area contributed by atoms with Crippen LogP contribution in [0.1, 0.15) is 19.3 Å². The van der Waals surface area contributed by atoms with E-state index in [4.69, 9.17) is 28.3 Å². The summed E-state index contributed by atoms with van der Waals surface area (Å²) in [5, 5.41) is 9.04. The van der Waals surface area contributed by atoms with E-state index in [1.807, 2.05) is 0 Å². The molecule has 0 spiro atoms. The Morgan fingerprint density at radius 3 is 2.60 bits per heavy atom. The van der Waals surface area contributed by atoms with Crippen molar-refractivity contribution in [3.63, 3.8) is 0 Å². The molecule has 1 aromatic carbocycles. The number of halogens is 2. The molecular weight excluding hydrogens is 325 g/mol. The second kappa shape index (κ2) is 5.89. The number of carbonyl (C=O) groups is 1. The van der Waals surface area contributed by atoms with Gasteiger partial charge in [0.1, 0.15) is 4.90 Å². The lowest BCUT2D eigenvalue weighted by Gasteiger charge is -2.14. The highest BCUT2D eigenvalue weighted by molar-refractivity contribution is 7.89. The van der Waals surface area contributed by atoms with Gasteiger partial charge in [0.25, 0.3) is 0 Å². The molecule has 0 radical (unpaired) electrons. The van der Waals surface area contributed by atoms with Crippen molar-refractivity contribution in [2.24, 2.45) is 5.92 Å². The first-order valence-corrected chi connectivity index (χ1v) is 8.24. The van der Waals surface area contributed by atoms with Crippen LogP contribution in [0.15, 0.2) is 23.1 Å². The molecule has 0 amide bonds. The Hall–Kier alpha value is -0.820. The molecule has 0 unspecified atom stereocenters. The topological polar surface area (TPSA) is 83.5 Å². The van der Waals surface area contributed by atoms with Gasteiger partial charge in [0, 0.05) is 6.04 Å². The number of carboxylic acids is 1. The first kappa shape index (κ1) is 15.6.